The predicted octanol–water partition coefficient (Wildman–Crippen LogP) is 6.54. The van der Waals surface area contributed by atoms with Crippen molar-refractivity contribution in [3.05, 3.63) is 120 Å². The average molecular weight is 487 g/mol. The van der Waals surface area contributed by atoms with Gasteiger partial charge in [0, 0.05) is 35.6 Å². The molecule has 0 N–H and O–H groups in total. The number of Topliss-reactive ketones (excluding diaryl/α,β-unsaturated/α-hetero) is 1. The van der Waals surface area contributed by atoms with Crippen molar-refractivity contribution in [2.24, 2.45) is 0 Å². The Morgan fingerprint density at radius 2 is 1.59 bits per heavy atom. The number of rotatable bonds is 7. The Kier molecular flexibility index (Phi) is 6.11. The van der Waals surface area contributed by atoms with Gasteiger partial charge in [-0.05, 0) is 35.4 Å². The first-order chi connectivity index (χ1) is 18.2. The van der Waals surface area contributed by atoms with Crippen LogP contribution in [0.15, 0.2) is 103 Å². The van der Waals surface area contributed by atoms with Crippen LogP contribution in [-0.4, -0.2) is 27.9 Å². The molecule has 0 amide bonds. The molecule has 0 spiro atoms. The first kappa shape index (κ1) is 22.9. The number of esters is 1. The van der Waals surface area contributed by atoms with Crippen LogP contribution in [0.4, 0.5) is 0 Å². The van der Waals surface area contributed by atoms with Gasteiger partial charge in [0.05, 0.1) is 24.1 Å². The van der Waals surface area contributed by atoms with E-state index in [9.17, 15) is 9.59 Å². The van der Waals surface area contributed by atoms with Crippen molar-refractivity contribution in [1.29, 1.82) is 0 Å². The van der Waals surface area contributed by atoms with Crippen molar-refractivity contribution in [3.63, 3.8) is 0 Å². The SMILES string of the molecule is O=C(CC1CC(=O)c2ccccc21)OCCc1ccc(-c2nc3ccccc3n2-c2ccccc2)cc1. The second-order valence-corrected chi connectivity index (χ2v) is 9.38. The Labute approximate surface area is 215 Å². The van der Waals surface area contributed by atoms with Gasteiger partial charge in [-0.1, -0.05) is 78.9 Å². The fourth-order valence-electron chi connectivity index (χ4n) is 5.15. The zero-order valence-corrected chi connectivity index (χ0v) is 20.3. The van der Waals surface area contributed by atoms with Gasteiger partial charge in [0.1, 0.15) is 5.82 Å². The summed E-state index contributed by atoms with van der Waals surface area (Å²) in [5.74, 6) is 0.646. The minimum atomic E-state index is -0.261. The fraction of sp³-hybridized carbons (Fsp3) is 0.156. The van der Waals surface area contributed by atoms with E-state index in [1.165, 1.54) is 0 Å². The van der Waals surface area contributed by atoms with Crippen LogP contribution in [0.1, 0.15) is 40.2 Å². The maximum Gasteiger partial charge on any atom is 0.306 e. The molecule has 0 bridgehead atoms. The Morgan fingerprint density at radius 3 is 2.43 bits per heavy atom. The number of benzene rings is 4. The minimum absolute atomic E-state index is 0.0839. The van der Waals surface area contributed by atoms with Gasteiger partial charge >= 0.3 is 5.97 Å². The lowest BCUT2D eigenvalue weighted by molar-refractivity contribution is -0.143. The molecule has 5 heteroatoms. The summed E-state index contributed by atoms with van der Waals surface area (Å²) in [6.07, 6.45) is 1.24. The van der Waals surface area contributed by atoms with E-state index in [1.807, 2.05) is 60.7 Å². The molecule has 182 valence electrons. The van der Waals surface area contributed by atoms with E-state index in [0.717, 1.165) is 44.8 Å². The Balaban J connectivity index is 1.12. The van der Waals surface area contributed by atoms with Gasteiger partial charge in [0.25, 0.3) is 0 Å². The molecule has 4 aromatic carbocycles. The highest BCUT2D eigenvalue weighted by atomic mass is 16.5. The molecule has 1 heterocycles. The quantitative estimate of drug-likeness (QED) is 0.245. The zero-order valence-electron chi connectivity index (χ0n) is 20.3. The lowest BCUT2D eigenvalue weighted by Gasteiger charge is -2.11. The molecule has 37 heavy (non-hydrogen) atoms. The lowest BCUT2D eigenvalue weighted by atomic mass is 9.98. The molecule has 1 unspecified atom stereocenters. The van der Waals surface area contributed by atoms with E-state index in [1.54, 1.807) is 0 Å². The third kappa shape index (κ3) is 4.56. The molecule has 5 aromatic rings. The average Bonchev–Trinajstić information content (AvgIpc) is 3.47. The molecule has 6 rings (SSSR count). The third-order valence-corrected chi connectivity index (χ3v) is 6.99. The first-order valence-electron chi connectivity index (χ1n) is 12.6. The zero-order chi connectivity index (χ0) is 25.2. The van der Waals surface area contributed by atoms with E-state index < -0.39 is 0 Å². The van der Waals surface area contributed by atoms with Crippen LogP contribution in [0, 0.1) is 0 Å². The third-order valence-electron chi connectivity index (χ3n) is 6.99. The number of fused-ring (bicyclic) bond motifs is 2. The van der Waals surface area contributed by atoms with Gasteiger partial charge in [0.2, 0.25) is 0 Å². The largest absolute Gasteiger partial charge is 0.465 e. The number of nitrogens with zero attached hydrogens (tertiary/aromatic N) is 2. The van der Waals surface area contributed by atoms with Crippen LogP contribution in [0.2, 0.25) is 0 Å². The predicted molar refractivity (Wildman–Crippen MR) is 144 cm³/mol. The van der Waals surface area contributed by atoms with Gasteiger partial charge in [-0.15, -0.1) is 0 Å². The lowest BCUT2D eigenvalue weighted by Crippen LogP contribution is -2.11. The molecule has 1 aliphatic carbocycles. The number of ketones is 1. The number of carbonyl (C=O) groups excluding carboxylic acids is 2. The van der Waals surface area contributed by atoms with E-state index in [-0.39, 0.29) is 24.1 Å². The summed E-state index contributed by atoms with van der Waals surface area (Å²) < 4.78 is 7.70. The smallest absolute Gasteiger partial charge is 0.306 e. The van der Waals surface area contributed by atoms with Crippen LogP contribution in [0.25, 0.3) is 28.1 Å². The summed E-state index contributed by atoms with van der Waals surface area (Å²) >= 11 is 0. The molecular formula is C32H26N2O3. The number of hydrogen-bond acceptors (Lipinski definition) is 4. The second kappa shape index (κ2) is 9.86. The summed E-state index contributed by atoms with van der Waals surface area (Å²) in [7, 11) is 0. The van der Waals surface area contributed by atoms with Crippen molar-refractivity contribution in [2.45, 2.75) is 25.2 Å². The number of ether oxygens (including phenoxy) is 1. The minimum Gasteiger partial charge on any atom is -0.465 e. The van der Waals surface area contributed by atoms with Gasteiger partial charge in [0.15, 0.2) is 5.78 Å². The Morgan fingerprint density at radius 1 is 0.865 bits per heavy atom. The van der Waals surface area contributed by atoms with Gasteiger partial charge in [-0.2, -0.15) is 0 Å². The van der Waals surface area contributed by atoms with Gasteiger partial charge in [-0.25, -0.2) is 4.98 Å². The topological polar surface area (TPSA) is 61.2 Å². The van der Waals surface area contributed by atoms with Crippen molar-refractivity contribution in [2.75, 3.05) is 6.61 Å². The van der Waals surface area contributed by atoms with Crippen LogP contribution >= 0.6 is 0 Å². The van der Waals surface area contributed by atoms with Crippen LogP contribution in [-0.2, 0) is 16.0 Å². The van der Waals surface area contributed by atoms with Crippen molar-refractivity contribution in [1.82, 2.24) is 9.55 Å². The van der Waals surface area contributed by atoms with Crippen molar-refractivity contribution in [3.8, 4) is 17.1 Å². The fourth-order valence-corrected chi connectivity index (χ4v) is 5.15. The van der Waals surface area contributed by atoms with Crippen LogP contribution in [0.5, 0.6) is 0 Å². The summed E-state index contributed by atoms with van der Waals surface area (Å²) in [5.41, 5.74) is 6.87. The molecule has 0 fully saturated rings. The summed E-state index contributed by atoms with van der Waals surface area (Å²) in [4.78, 5) is 29.6. The molecular weight excluding hydrogens is 460 g/mol. The summed E-state index contributed by atoms with van der Waals surface area (Å²) in [6.45, 7) is 0.309. The molecule has 1 atom stereocenters. The van der Waals surface area contributed by atoms with Crippen LogP contribution in [0.3, 0.4) is 0 Å². The van der Waals surface area contributed by atoms with Gasteiger partial charge < -0.3 is 4.74 Å². The molecule has 1 aromatic heterocycles. The number of carbonyl (C=O) groups is 2. The van der Waals surface area contributed by atoms with E-state index in [4.69, 9.17) is 9.72 Å². The monoisotopic (exact) mass is 486 g/mol. The molecule has 0 aliphatic heterocycles. The second-order valence-electron chi connectivity index (χ2n) is 9.38. The molecule has 5 nitrogen and oxygen atoms in total. The number of hydrogen-bond donors (Lipinski definition) is 0. The number of para-hydroxylation sites is 3. The van der Waals surface area contributed by atoms with Crippen LogP contribution < -0.4 is 0 Å². The molecule has 0 saturated heterocycles. The van der Waals surface area contributed by atoms with Crippen molar-refractivity contribution >= 4 is 22.8 Å². The molecule has 1 aliphatic rings. The Bertz CT molecular complexity index is 1590. The molecule has 0 saturated carbocycles. The van der Waals surface area contributed by atoms with Crippen molar-refractivity contribution < 1.29 is 14.3 Å². The number of aromatic nitrogens is 2. The normalized spacial score (nSPS) is 14.6. The van der Waals surface area contributed by atoms with E-state index >= 15 is 0 Å². The maximum atomic E-state index is 12.5. The summed E-state index contributed by atoms with van der Waals surface area (Å²) in [6, 6.07) is 34.2. The highest BCUT2D eigenvalue weighted by molar-refractivity contribution is 6.01. The van der Waals surface area contributed by atoms with E-state index in [0.29, 0.717) is 19.4 Å². The summed E-state index contributed by atoms with van der Waals surface area (Å²) in [5, 5.41) is 0. The first-order valence-corrected chi connectivity index (χ1v) is 12.6. The Hall–Kier alpha value is -4.51. The van der Waals surface area contributed by atoms with Gasteiger partial charge in [-0.3, -0.25) is 14.2 Å². The number of imidazole rings is 1. The molecule has 0 radical (unpaired) electrons. The van der Waals surface area contributed by atoms with E-state index in [2.05, 4.69) is 47.0 Å². The highest BCUT2D eigenvalue weighted by Crippen LogP contribution is 2.35. The highest BCUT2D eigenvalue weighted by Gasteiger charge is 2.30. The standard InChI is InChI=1S/C32H26N2O3/c35-30-20-24(26-10-4-5-11-27(26)30)21-31(36)37-19-18-22-14-16-23(17-15-22)32-33-28-12-6-7-13-29(28)34(32)25-8-2-1-3-9-25/h1-17,24H,18-21H2. The maximum absolute atomic E-state index is 12.5.